The molecule has 0 radical (unpaired) electrons. The summed E-state index contributed by atoms with van der Waals surface area (Å²) in [6.07, 6.45) is 1.54. The van der Waals surface area contributed by atoms with Gasteiger partial charge in [-0.1, -0.05) is 18.2 Å². The lowest BCUT2D eigenvalue weighted by molar-refractivity contribution is -0.123. The Bertz CT molecular complexity index is 882. The number of benzene rings is 2. The van der Waals surface area contributed by atoms with Gasteiger partial charge in [0.15, 0.2) is 0 Å². The zero-order valence-corrected chi connectivity index (χ0v) is 13.8. The molecule has 0 aromatic heterocycles. The predicted octanol–water partition coefficient (Wildman–Crippen LogP) is 3.24. The van der Waals surface area contributed by atoms with Crippen LogP contribution in [0.15, 0.2) is 42.1 Å². The fraction of sp³-hybridized carbons (Fsp3) is 0.158. The number of phenols is 1. The van der Waals surface area contributed by atoms with Gasteiger partial charge in [0.1, 0.15) is 17.3 Å². The van der Waals surface area contributed by atoms with Gasteiger partial charge in [-0.15, -0.1) is 0 Å². The van der Waals surface area contributed by atoms with Crippen molar-refractivity contribution in [3.05, 3.63) is 70.2 Å². The average molecular weight is 340 g/mol. The van der Waals surface area contributed by atoms with Crippen molar-refractivity contribution in [2.75, 3.05) is 0 Å². The van der Waals surface area contributed by atoms with Crippen LogP contribution in [0.1, 0.15) is 22.3 Å². The average Bonchev–Trinajstić information content (AvgIpc) is 2.82. The quantitative estimate of drug-likeness (QED) is 0.666. The van der Waals surface area contributed by atoms with Crippen molar-refractivity contribution in [1.82, 2.24) is 10.2 Å². The van der Waals surface area contributed by atoms with Crippen molar-refractivity contribution >= 4 is 18.0 Å². The van der Waals surface area contributed by atoms with E-state index in [1.54, 1.807) is 44.2 Å². The standard InChI is InChI=1S/C19H17FN2O3/c1-11-7-13(8-12(2)17(11)23)9-16-18(24)22(19(25)21-16)10-14-5-3-4-6-15(14)20/h3-9,23H,10H2,1-2H3,(H,21,25)/b16-9-. The van der Waals surface area contributed by atoms with Crippen molar-refractivity contribution in [2.45, 2.75) is 20.4 Å². The molecule has 25 heavy (non-hydrogen) atoms. The molecular weight excluding hydrogens is 323 g/mol. The van der Waals surface area contributed by atoms with Gasteiger partial charge in [-0.2, -0.15) is 0 Å². The normalized spacial score (nSPS) is 15.8. The number of phenolic OH excluding ortho intramolecular Hbond substituents is 1. The molecule has 128 valence electrons. The summed E-state index contributed by atoms with van der Waals surface area (Å²) in [7, 11) is 0. The van der Waals surface area contributed by atoms with Gasteiger partial charge in [-0.3, -0.25) is 9.69 Å². The van der Waals surface area contributed by atoms with Crippen LogP contribution < -0.4 is 5.32 Å². The number of hydrogen-bond acceptors (Lipinski definition) is 3. The van der Waals surface area contributed by atoms with Crippen LogP contribution in [0, 0.1) is 19.7 Å². The molecule has 0 spiro atoms. The number of hydrogen-bond donors (Lipinski definition) is 2. The molecule has 1 heterocycles. The van der Waals surface area contributed by atoms with Crippen molar-refractivity contribution in [3.8, 4) is 5.75 Å². The fourth-order valence-electron chi connectivity index (χ4n) is 2.75. The summed E-state index contributed by atoms with van der Waals surface area (Å²) in [5, 5.41) is 12.3. The van der Waals surface area contributed by atoms with E-state index in [0.29, 0.717) is 16.7 Å². The molecule has 1 saturated heterocycles. The SMILES string of the molecule is Cc1cc(/C=C2\NC(=O)N(Cc3ccccc3F)C2=O)cc(C)c1O. The molecule has 1 aliphatic heterocycles. The molecule has 0 saturated carbocycles. The number of carbonyl (C=O) groups is 2. The third kappa shape index (κ3) is 3.24. The molecule has 3 rings (SSSR count). The van der Waals surface area contributed by atoms with Gasteiger partial charge in [0.05, 0.1) is 6.54 Å². The zero-order valence-electron chi connectivity index (χ0n) is 13.8. The smallest absolute Gasteiger partial charge is 0.329 e. The molecule has 3 amide bonds. The fourth-order valence-corrected chi connectivity index (χ4v) is 2.75. The number of urea groups is 1. The van der Waals surface area contributed by atoms with Crippen LogP contribution in [0.3, 0.4) is 0 Å². The molecule has 2 aromatic rings. The zero-order chi connectivity index (χ0) is 18.1. The van der Waals surface area contributed by atoms with Crippen molar-refractivity contribution in [2.24, 2.45) is 0 Å². The molecule has 0 aliphatic carbocycles. The predicted molar refractivity (Wildman–Crippen MR) is 91.0 cm³/mol. The summed E-state index contributed by atoms with van der Waals surface area (Å²) in [5.74, 6) is -0.785. The molecule has 1 fully saturated rings. The molecule has 2 N–H and O–H groups in total. The van der Waals surface area contributed by atoms with E-state index in [4.69, 9.17) is 0 Å². The van der Waals surface area contributed by atoms with Crippen LogP contribution in [0.2, 0.25) is 0 Å². The molecule has 6 heteroatoms. The topological polar surface area (TPSA) is 69.6 Å². The summed E-state index contributed by atoms with van der Waals surface area (Å²) in [6.45, 7) is 3.37. The Kier molecular flexibility index (Phi) is 4.27. The van der Waals surface area contributed by atoms with Crippen LogP contribution >= 0.6 is 0 Å². The van der Waals surface area contributed by atoms with Gasteiger partial charge in [-0.25, -0.2) is 9.18 Å². The van der Waals surface area contributed by atoms with Crippen LogP contribution in [-0.2, 0) is 11.3 Å². The van der Waals surface area contributed by atoms with Crippen LogP contribution in [0.4, 0.5) is 9.18 Å². The number of nitrogens with one attached hydrogen (secondary N) is 1. The lowest BCUT2D eigenvalue weighted by Crippen LogP contribution is -2.30. The van der Waals surface area contributed by atoms with E-state index in [-0.39, 0.29) is 23.6 Å². The summed E-state index contributed by atoms with van der Waals surface area (Å²) in [5.41, 5.74) is 2.41. The van der Waals surface area contributed by atoms with Gasteiger partial charge < -0.3 is 10.4 Å². The molecule has 0 unspecified atom stereocenters. The summed E-state index contributed by atoms with van der Waals surface area (Å²) >= 11 is 0. The minimum Gasteiger partial charge on any atom is -0.507 e. The Morgan fingerprint density at radius 3 is 2.44 bits per heavy atom. The Morgan fingerprint density at radius 2 is 1.80 bits per heavy atom. The van der Waals surface area contributed by atoms with Gasteiger partial charge in [0, 0.05) is 5.56 Å². The largest absolute Gasteiger partial charge is 0.507 e. The number of carbonyl (C=O) groups excluding carboxylic acids is 2. The number of imide groups is 1. The Labute approximate surface area is 144 Å². The monoisotopic (exact) mass is 340 g/mol. The Balaban J connectivity index is 1.87. The van der Waals surface area contributed by atoms with Crippen molar-refractivity contribution in [1.29, 1.82) is 0 Å². The number of halogens is 1. The highest BCUT2D eigenvalue weighted by molar-refractivity contribution is 6.13. The lowest BCUT2D eigenvalue weighted by atomic mass is 10.0. The molecular formula is C19H17FN2O3. The molecule has 0 bridgehead atoms. The second-order valence-electron chi connectivity index (χ2n) is 5.97. The van der Waals surface area contributed by atoms with E-state index in [9.17, 15) is 19.1 Å². The molecule has 5 nitrogen and oxygen atoms in total. The highest BCUT2D eigenvalue weighted by Crippen LogP contribution is 2.25. The number of nitrogens with zero attached hydrogens (tertiary/aromatic N) is 1. The molecule has 1 aliphatic rings. The first-order chi connectivity index (χ1) is 11.9. The maximum Gasteiger partial charge on any atom is 0.329 e. The third-order valence-corrected chi connectivity index (χ3v) is 4.07. The first-order valence-electron chi connectivity index (χ1n) is 7.75. The highest BCUT2D eigenvalue weighted by atomic mass is 19.1. The van der Waals surface area contributed by atoms with E-state index in [1.807, 2.05) is 0 Å². The maximum atomic E-state index is 13.8. The van der Waals surface area contributed by atoms with Gasteiger partial charge in [-0.05, 0) is 54.8 Å². The van der Waals surface area contributed by atoms with E-state index in [0.717, 1.165) is 4.90 Å². The Morgan fingerprint density at radius 1 is 1.16 bits per heavy atom. The molecule has 0 atom stereocenters. The van der Waals surface area contributed by atoms with Gasteiger partial charge >= 0.3 is 6.03 Å². The maximum absolute atomic E-state index is 13.8. The summed E-state index contributed by atoms with van der Waals surface area (Å²) in [4.78, 5) is 25.5. The van der Waals surface area contributed by atoms with Gasteiger partial charge in [0.2, 0.25) is 0 Å². The lowest BCUT2D eigenvalue weighted by Gasteiger charge is -2.12. The third-order valence-electron chi connectivity index (χ3n) is 4.07. The summed E-state index contributed by atoms with van der Waals surface area (Å²) in [6, 6.07) is 8.85. The first-order valence-corrected chi connectivity index (χ1v) is 7.75. The van der Waals surface area contributed by atoms with Crippen molar-refractivity contribution in [3.63, 3.8) is 0 Å². The van der Waals surface area contributed by atoms with Gasteiger partial charge in [0.25, 0.3) is 5.91 Å². The number of amides is 3. The number of rotatable bonds is 3. The van der Waals surface area contributed by atoms with Crippen LogP contribution in [0.5, 0.6) is 5.75 Å². The minimum absolute atomic E-state index is 0.117. The second-order valence-corrected chi connectivity index (χ2v) is 5.97. The Hall–Kier alpha value is -3.15. The number of aryl methyl sites for hydroxylation is 2. The number of aromatic hydroxyl groups is 1. The van der Waals surface area contributed by atoms with Crippen LogP contribution in [0.25, 0.3) is 6.08 Å². The minimum atomic E-state index is -0.591. The van der Waals surface area contributed by atoms with E-state index in [2.05, 4.69) is 5.32 Å². The first kappa shape index (κ1) is 16.7. The van der Waals surface area contributed by atoms with E-state index in [1.165, 1.54) is 12.1 Å². The molecule has 2 aromatic carbocycles. The highest BCUT2D eigenvalue weighted by Gasteiger charge is 2.33. The van der Waals surface area contributed by atoms with Crippen LogP contribution in [-0.4, -0.2) is 21.9 Å². The summed E-state index contributed by atoms with van der Waals surface area (Å²) < 4.78 is 13.8. The van der Waals surface area contributed by atoms with E-state index >= 15 is 0 Å². The van der Waals surface area contributed by atoms with Crippen molar-refractivity contribution < 1.29 is 19.1 Å². The van der Waals surface area contributed by atoms with E-state index < -0.39 is 17.8 Å². The second kappa shape index (κ2) is 6.39.